The maximum Gasteiger partial charge on any atom is 0.167 e. The summed E-state index contributed by atoms with van der Waals surface area (Å²) in [5, 5.41) is 0. The van der Waals surface area contributed by atoms with Crippen LogP contribution >= 0.6 is 0 Å². The van der Waals surface area contributed by atoms with Gasteiger partial charge in [0.1, 0.15) is 5.82 Å². The maximum absolute atomic E-state index is 13.3. The number of hydrogen-bond donors (Lipinski definition) is 0. The van der Waals surface area contributed by atoms with Gasteiger partial charge in [0.2, 0.25) is 0 Å². The summed E-state index contributed by atoms with van der Waals surface area (Å²) in [5.41, 5.74) is 0.158. The molecule has 1 unspecified atom stereocenters. The number of halogens is 2. The summed E-state index contributed by atoms with van der Waals surface area (Å²) in [5.74, 6) is -1.13. The highest BCUT2D eigenvalue weighted by molar-refractivity contribution is 5.24. The Bertz CT molecular complexity index is 462. The molecule has 1 atom stereocenters. The van der Waals surface area contributed by atoms with Crippen molar-refractivity contribution in [3.8, 4) is 5.75 Å². The fraction of sp³-hybridized carbons (Fsp3) is 0.625. The first kappa shape index (κ1) is 15.2. The molecule has 0 radical (unpaired) electrons. The van der Waals surface area contributed by atoms with E-state index in [-0.39, 0.29) is 16.8 Å². The third-order valence-corrected chi connectivity index (χ3v) is 3.99. The van der Waals surface area contributed by atoms with E-state index in [1.807, 2.05) is 0 Å². The van der Waals surface area contributed by atoms with Gasteiger partial charge in [-0.3, -0.25) is 0 Å². The van der Waals surface area contributed by atoms with Gasteiger partial charge in [-0.15, -0.1) is 0 Å². The second-order valence-corrected chi connectivity index (χ2v) is 6.41. The van der Waals surface area contributed by atoms with Crippen LogP contribution < -0.4 is 4.74 Å². The lowest BCUT2D eigenvalue weighted by molar-refractivity contribution is 0.139. The van der Waals surface area contributed by atoms with E-state index < -0.39 is 11.6 Å². The highest BCUT2D eigenvalue weighted by Crippen LogP contribution is 2.47. The molecule has 2 rings (SSSR count). The number of rotatable bonds is 6. The zero-order valence-corrected chi connectivity index (χ0v) is 12.3. The zero-order chi connectivity index (χ0) is 14.8. The number of unbranched alkanes of at least 4 members (excludes halogenated alkanes) is 1. The van der Waals surface area contributed by atoms with E-state index in [1.54, 1.807) is 0 Å². The molecule has 0 saturated carbocycles. The molecule has 0 bridgehead atoms. The van der Waals surface area contributed by atoms with Gasteiger partial charge in [-0.2, -0.15) is 0 Å². The van der Waals surface area contributed by atoms with Crippen molar-refractivity contribution in [1.29, 1.82) is 0 Å². The van der Waals surface area contributed by atoms with Crippen LogP contribution in [0.3, 0.4) is 0 Å². The van der Waals surface area contributed by atoms with E-state index in [2.05, 4.69) is 20.8 Å². The van der Waals surface area contributed by atoms with E-state index >= 15 is 0 Å². The third kappa shape index (κ3) is 3.48. The van der Waals surface area contributed by atoms with E-state index in [1.165, 1.54) is 12.1 Å². The van der Waals surface area contributed by atoms with Crippen LogP contribution in [0.4, 0.5) is 8.78 Å². The normalized spacial score (nSPS) is 21.9. The van der Waals surface area contributed by atoms with E-state index in [9.17, 15) is 8.78 Å². The molecule has 2 nitrogen and oxygen atoms in total. The average molecular weight is 284 g/mol. The minimum Gasteiger partial charge on any atom is -0.491 e. The number of epoxide rings is 1. The maximum atomic E-state index is 13.3. The first-order chi connectivity index (χ1) is 9.34. The van der Waals surface area contributed by atoms with Gasteiger partial charge in [-0.05, 0) is 36.8 Å². The Balaban J connectivity index is 1.70. The van der Waals surface area contributed by atoms with Crippen molar-refractivity contribution in [1.82, 2.24) is 0 Å². The van der Waals surface area contributed by atoms with Crippen LogP contribution in [0.15, 0.2) is 18.2 Å². The molecule has 20 heavy (non-hydrogen) atoms. The quantitative estimate of drug-likeness (QED) is 0.573. The summed E-state index contributed by atoms with van der Waals surface area (Å²) in [6.07, 6.45) is 2.80. The SMILES string of the molecule is CC(C)(C)C1(CCCCOc2ccc(F)cc2F)CO1. The van der Waals surface area contributed by atoms with Gasteiger partial charge in [0.25, 0.3) is 0 Å². The second-order valence-electron chi connectivity index (χ2n) is 6.41. The molecule has 0 N–H and O–H groups in total. The molecule has 0 spiro atoms. The van der Waals surface area contributed by atoms with E-state index in [0.717, 1.165) is 31.9 Å². The van der Waals surface area contributed by atoms with Crippen molar-refractivity contribution >= 4 is 0 Å². The lowest BCUT2D eigenvalue weighted by Gasteiger charge is -2.27. The van der Waals surface area contributed by atoms with Gasteiger partial charge in [0, 0.05) is 6.07 Å². The molecule has 0 amide bonds. The fourth-order valence-corrected chi connectivity index (χ4v) is 2.33. The zero-order valence-electron chi connectivity index (χ0n) is 12.3. The lowest BCUT2D eigenvalue weighted by Crippen LogP contribution is -2.30. The van der Waals surface area contributed by atoms with Crippen molar-refractivity contribution in [3.05, 3.63) is 29.8 Å². The Morgan fingerprint density at radius 3 is 2.50 bits per heavy atom. The molecular formula is C16H22F2O2. The topological polar surface area (TPSA) is 21.8 Å². The molecule has 0 aliphatic carbocycles. The summed E-state index contributed by atoms with van der Waals surface area (Å²) in [6, 6.07) is 3.36. The van der Waals surface area contributed by atoms with E-state index in [0.29, 0.717) is 6.61 Å². The monoisotopic (exact) mass is 284 g/mol. The van der Waals surface area contributed by atoms with Gasteiger partial charge < -0.3 is 9.47 Å². The van der Waals surface area contributed by atoms with Gasteiger partial charge in [-0.25, -0.2) is 8.78 Å². The lowest BCUT2D eigenvalue weighted by atomic mass is 9.78. The summed E-state index contributed by atoms with van der Waals surface area (Å²) in [6.45, 7) is 7.81. The number of benzene rings is 1. The average Bonchev–Trinajstić information content (AvgIpc) is 3.11. The molecule has 1 aromatic rings. The minimum atomic E-state index is -0.651. The molecule has 1 aliphatic rings. The van der Waals surface area contributed by atoms with Crippen molar-refractivity contribution in [2.24, 2.45) is 5.41 Å². The number of ether oxygens (including phenoxy) is 2. The Hall–Kier alpha value is -1.16. The predicted molar refractivity (Wildman–Crippen MR) is 73.8 cm³/mol. The number of hydrogen-bond acceptors (Lipinski definition) is 2. The Labute approximate surface area is 119 Å². The van der Waals surface area contributed by atoms with Gasteiger partial charge in [0.05, 0.1) is 18.8 Å². The van der Waals surface area contributed by atoms with Crippen LogP contribution in [0, 0.1) is 17.0 Å². The smallest absolute Gasteiger partial charge is 0.167 e. The van der Waals surface area contributed by atoms with Crippen LogP contribution in [-0.4, -0.2) is 18.8 Å². The van der Waals surface area contributed by atoms with E-state index in [4.69, 9.17) is 9.47 Å². The summed E-state index contributed by atoms with van der Waals surface area (Å²) in [7, 11) is 0. The van der Waals surface area contributed by atoms with Crippen LogP contribution in [0.2, 0.25) is 0 Å². The Kier molecular flexibility index (Phi) is 4.33. The molecule has 1 saturated heterocycles. The summed E-state index contributed by atoms with van der Waals surface area (Å²) in [4.78, 5) is 0. The highest BCUT2D eigenvalue weighted by Gasteiger charge is 2.53. The Morgan fingerprint density at radius 1 is 1.25 bits per heavy atom. The van der Waals surface area contributed by atoms with Crippen LogP contribution in [0.5, 0.6) is 5.75 Å². The molecule has 1 aliphatic heterocycles. The predicted octanol–water partition coefficient (Wildman–Crippen LogP) is 4.33. The first-order valence-corrected chi connectivity index (χ1v) is 7.06. The van der Waals surface area contributed by atoms with Gasteiger partial charge in [0.15, 0.2) is 11.6 Å². The van der Waals surface area contributed by atoms with Gasteiger partial charge in [-0.1, -0.05) is 20.8 Å². The molecule has 1 fully saturated rings. The highest BCUT2D eigenvalue weighted by atomic mass is 19.1. The van der Waals surface area contributed by atoms with Crippen molar-refractivity contribution in [2.45, 2.75) is 45.6 Å². The molecule has 0 aromatic heterocycles. The van der Waals surface area contributed by atoms with Crippen LogP contribution in [-0.2, 0) is 4.74 Å². The van der Waals surface area contributed by atoms with Crippen LogP contribution in [0.25, 0.3) is 0 Å². The fourth-order valence-electron chi connectivity index (χ4n) is 2.33. The summed E-state index contributed by atoms with van der Waals surface area (Å²) < 4.78 is 37.0. The Morgan fingerprint density at radius 2 is 1.95 bits per heavy atom. The van der Waals surface area contributed by atoms with Crippen molar-refractivity contribution in [2.75, 3.05) is 13.2 Å². The third-order valence-electron chi connectivity index (χ3n) is 3.99. The first-order valence-electron chi connectivity index (χ1n) is 7.06. The summed E-state index contributed by atoms with van der Waals surface area (Å²) >= 11 is 0. The molecule has 1 heterocycles. The van der Waals surface area contributed by atoms with Crippen LogP contribution in [0.1, 0.15) is 40.0 Å². The van der Waals surface area contributed by atoms with Gasteiger partial charge >= 0.3 is 0 Å². The van der Waals surface area contributed by atoms with Crippen molar-refractivity contribution < 1.29 is 18.3 Å². The molecule has 112 valence electrons. The minimum absolute atomic E-state index is 0.00806. The standard InChI is InChI=1S/C16H22F2O2/c1-15(2,3)16(11-20-16)8-4-5-9-19-14-7-6-12(17)10-13(14)18/h6-7,10H,4-5,8-9,11H2,1-3H3. The van der Waals surface area contributed by atoms with Crippen molar-refractivity contribution in [3.63, 3.8) is 0 Å². The largest absolute Gasteiger partial charge is 0.491 e. The molecular weight excluding hydrogens is 262 g/mol. The molecule has 4 heteroatoms. The second kappa shape index (κ2) is 5.68. The molecule has 1 aromatic carbocycles.